The van der Waals surface area contributed by atoms with Crippen LogP contribution in [-0.4, -0.2) is 29.0 Å². The standard InChI is InChI=1S/C5H12O4S2/c6-10(7)4-2-1-3-5-11(8)9/h1-5H2,(H,6,7)(H,8,9). The molecule has 0 aliphatic heterocycles. The van der Waals surface area contributed by atoms with E-state index in [2.05, 4.69) is 0 Å². The van der Waals surface area contributed by atoms with E-state index in [-0.39, 0.29) is 11.5 Å². The van der Waals surface area contributed by atoms with Gasteiger partial charge in [-0.2, -0.15) is 0 Å². The Hall–Kier alpha value is 0.220. The van der Waals surface area contributed by atoms with E-state index in [9.17, 15) is 8.42 Å². The van der Waals surface area contributed by atoms with Crippen LogP contribution < -0.4 is 0 Å². The highest BCUT2D eigenvalue weighted by Gasteiger charge is 1.96. The van der Waals surface area contributed by atoms with Gasteiger partial charge in [0.25, 0.3) is 0 Å². The lowest BCUT2D eigenvalue weighted by molar-refractivity contribution is 0.556. The summed E-state index contributed by atoms with van der Waals surface area (Å²) >= 11 is -3.44. The van der Waals surface area contributed by atoms with Crippen molar-refractivity contribution < 1.29 is 17.5 Å². The molecular formula is C5H12O4S2. The van der Waals surface area contributed by atoms with Crippen LogP contribution in [0.5, 0.6) is 0 Å². The second kappa shape index (κ2) is 6.90. The van der Waals surface area contributed by atoms with Crippen molar-refractivity contribution in [1.82, 2.24) is 0 Å². The van der Waals surface area contributed by atoms with E-state index in [0.29, 0.717) is 12.8 Å². The first-order valence-electron chi connectivity index (χ1n) is 3.28. The summed E-state index contributed by atoms with van der Waals surface area (Å²) in [6, 6.07) is 0. The fourth-order valence-electron chi connectivity index (χ4n) is 0.628. The molecule has 0 saturated heterocycles. The molecule has 2 unspecified atom stereocenters. The van der Waals surface area contributed by atoms with Crippen LogP contribution in [0, 0.1) is 0 Å². The van der Waals surface area contributed by atoms with E-state index in [0.717, 1.165) is 6.42 Å². The number of unbranched alkanes of at least 4 members (excludes halogenated alkanes) is 2. The summed E-state index contributed by atoms with van der Waals surface area (Å²) < 4.78 is 36.8. The highest BCUT2D eigenvalue weighted by atomic mass is 32.2. The summed E-state index contributed by atoms with van der Waals surface area (Å²) in [5.74, 6) is 0.524. The van der Waals surface area contributed by atoms with Gasteiger partial charge in [0, 0.05) is 11.5 Å². The summed E-state index contributed by atoms with van der Waals surface area (Å²) in [6.07, 6.45) is 2.01. The maximum atomic E-state index is 10.1. The largest absolute Gasteiger partial charge is 0.306 e. The van der Waals surface area contributed by atoms with Crippen molar-refractivity contribution in [3.63, 3.8) is 0 Å². The molecule has 0 aliphatic rings. The number of rotatable bonds is 6. The van der Waals surface area contributed by atoms with Crippen LogP contribution in [0.3, 0.4) is 0 Å². The molecular weight excluding hydrogens is 188 g/mol. The molecule has 4 nitrogen and oxygen atoms in total. The van der Waals surface area contributed by atoms with E-state index in [1.807, 2.05) is 0 Å². The minimum Gasteiger partial charge on any atom is -0.306 e. The molecule has 0 spiro atoms. The van der Waals surface area contributed by atoms with E-state index < -0.39 is 22.2 Å². The van der Waals surface area contributed by atoms with Crippen molar-refractivity contribution in [1.29, 1.82) is 0 Å². The average Bonchev–Trinajstić information content (AvgIpc) is 1.85. The molecule has 0 saturated carbocycles. The molecule has 11 heavy (non-hydrogen) atoms. The third-order valence-corrected chi connectivity index (χ3v) is 2.41. The van der Waals surface area contributed by atoms with Crippen molar-refractivity contribution in [2.45, 2.75) is 19.3 Å². The second-order valence-corrected chi connectivity index (χ2v) is 4.21. The molecule has 0 aromatic carbocycles. The highest BCUT2D eigenvalue weighted by Crippen LogP contribution is 1.97. The Balaban J connectivity index is 3.03. The van der Waals surface area contributed by atoms with Gasteiger partial charge in [-0.25, -0.2) is 8.42 Å². The Bertz CT molecular complexity index is 131. The first kappa shape index (κ1) is 11.2. The summed E-state index contributed by atoms with van der Waals surface area (Å²) in [7, 11) is 0. The van der Waals surface area contributed by atoms with Crippen molar-refractivity contribution in [2.75, 3.05) is 11.5 Å². The number of hydrogen-bond donors (Lipinski definition) is 2. The highest BCUT2D eigenvalue weighted by molar-refractivity contribution is 7.79. The van der Waals surface area contributed by atoms with Crippen molar-refractivity contribution in [3.05, 3.63) is 0 Å². The van der Waals surface area contributed by atoms with E-state index in [1.54, 1.807) is 0 Å². The maximum Gasteiger partial charge on any atom is 0.152 e. The smallest absolute Gasteiger partial charge is 0.152 e. The second-order valence-electron chi connectivity index (χ2n) is 2.11. The molecule has 0 aromatic rings. The molecule has 2 N–H and O–H groups in total. The van der Waals surface area contributed by atoms with E-state index >= 15 is 0 Å². The molecule has 0 fully saturated rings. The van der Waals surface area contributed by atoms with Crippen LogP contribution in [-0.2, 0) is 22.2 Å². The zero-order chi connectivity index (χ0) is 8.69. The van der Waals surface area contributed by atoms with Gasteiger partial charge in [-0.05, 0) is 12.8 Å². The fourth-order valence-corrected chi connectivity index (χ4v) is 1.53. The molecule has 0 aliphatic carbocycles. The van der Waals surface area contributed by atoms with Crippen LogP contribution in [0.25, 0.3) is 0 Å². The van der Waals surface area contributed by atoms with Gasteiger partial charge < -0.3 is 9.11 Å². The summed E-state index contributed by atoms with van der Waals surface area (Å²) in [5, 5.41) is 0. The zero-order valence-corrected chi connectivity index (χ0v) is 7.70. The first-order valence-corrected chi connectivity index (χ1v) is 5.83. The predicted octanol–water partition coefficient (Wildman–Crippen LogP) is 0.600. The lowest BCUT2D eigenvalue weighted by Gasteiger charge is -1.95. The normalized spacial score (nSPS) is 16.2. The van der Waals surface area contributed by atoms with Gasteiger partial charge in [-0.15, -0.1) is 0 Å². The molecule has 0 radical (unpaired) electrons. The summed E-state index contributed by atoms with van der Waals surface area (Å²) in [4.78, 5) is 0. The first-order chi connectivity index (χ1) is 5.13. The third-order valence-electron chi connectivity index (χ3n) is 1.14. The lowest BCUT2D eigenvalue weighted by atomic mass is 10.3. The number of hydrogen-bond acceptors (Lipinski definition) is 2. The molecule has 0 aromatic heterocycles. The molecule has 68 valence electrons. The van der Waals surface area contributed by atoms with Crippen LogP contribution in [0.15, 0.2) is 0 Å². The average molecular weight is 200 g/mol. The Labute approximate surface area is 71.0 Å². The van der Waals surface area contributed by atoms with Crippen LogP contribution in [0.1, 0.15) is 19.3 Å². The maximum absolute atomic E-state index is 10.1. The fraction of sp³-hybridized carbons (Fsp3) is 1.00. The lowest BCUT2D eigenvalue weighted by Crippen LogP contribution is -1.98. The Morgan fingerprint density at radius 1 is 0.818 bits per heavy atom. The molecule has 0 bridgehead atoms. The summed E-state index contributed by atoms with van der Waals surface area (Å²) in [5.41, 5.74) is 0. The van der Waals surface area contributed by atoms with Crippen molar-refractivity contribution in [2.24, 2.45) is 0 Å². The SMILES string of the molecule is O=S(O)CCCCCS(=O)O. The van der Waals surface area contributed by atoms with Gasteiger partial charge in [0.1, 0.15) is 0 Å². The minimum absolute atomic E-state index is 0.262. The summed E-state index contributed by atoms with van der Waals surface area (Å²) in [6.45, 7) is 0. The quantitative estimate of drug-likeness (QED) is 0.486. The van der Waals surface area contributed by atoms with Crippen LogP contribution in [0.2, 0.25) is 0 Å². The third kappa shape index (κ3) is 10.2. The van der Waals surface area contributed by atoms with Gasteiger partial charge in [0.15, 0.2) is 22.2 Å². The van der Waals surface area contributed by atoms with Crippen molar-refractivity contribution in [3.8, 4) is 0 Å². The Kier molecular flexibility index (Phi) is 7.04. The minimum atomic E-state index is -1.72. The van der Waals surface area contributed by atoms with Gasteiger partial charge >= 0.3 is 0 Å². The molecule has 0 amide bonds. The van der Waals surface area contributed by atoms with E-state index in [1.165, 1.54) is 0 Å². The van der Waals surface area contributed by atoms with Gasteiger partial charge in [0.05, 0.1) is 0 Å². The van der Waals surface area contributed by atoms with Gasteiger partial charge in [0.2, 0.25) is 0 Å². The Morgan fingerprint density at radius 3 is 1.45 bits per heavy atom. The molecule has 0 rings (SSSR count). The van der Waals surface area contributed by atoms with Crippen LogP contribution >= 0.6 is 0 Å². The molecule has 0 heterocycles. The monoisotopic (exact) mass is 200 g/mol. The molecule has 2 atom stereocenters. The topological polar surface area (TPSA) is 74.6 Å². The molecule has 6 heteroatoms. The van der Waals surface area contributed by atoms with Gasteiger partial charge in [-0.3, -0.25) is 0 Å². The Morgan fingerprint density at radius 2 is 1.18 bits per heavy atom. The van der Waals surface area contributed by atoms with E-state index in [4.69, 9.17) is 9.11 Å². The van der Waals surface area contributed by atoms with Crippen molar-refractivity contribution >= 4 is 22.2 Å². The van der Waals surface area contributed by atoms with Crippen LogP contribution in [0.4, 0.5) is 0 Å². The van der Waals surface area contributed by atoms with Gasteiger partial charge in [-0.1, -0.05) is 6.42 Å². The predicted molar refractivity (Wildman–Crippen MR) is 45.1 cm³/mol. The zero-order valence-electron chi connectivity index (χ0n) is 6.06.